The van der Waals surface area contributed by atoms with Crippen LogP contribution in [0.4, 0.5) is 0 Å². The zero-order chi connectivity index (χ0) is 13.2. The van der Waals surface area contributed by atoms with Crippen molar-refractivity contribution in [2.75, 3.05) is 0 Å². The van der Waals surface area contributed by atoms with Gasteiger partial charge in [0.2, 0.25) is 10.0 Å². The van der Waals surface area contributed by atoms with Gasteiger partial charge in [0, 0.05) is 6.04 Å². The number of aryl methyl sites for hydroxylation is 1. The van der Waals surface area contributed by atoms with Gasteiger partial charge in [-0.05, 0) is 31.9 Å². The fourth-order valence-corrected chi connectivity index (χ4v) is 3.55. The highest BCUT2D eigenvalue weighted by Crippen LogP contribution is 2.26. The Labute approximate surface area is 108 Å². The summed E-state index contributed by atoms with van der Waals surface area (Å²) in [5.74, 6) is -0.203. The molecule has 1 aliphatic carbocycles. The van der Waals surface area contributed by atoms with Crippen LogP contribution in [0.15, 0.2) is 29.2 Å². The van der Waals surface area contributed by atoms with Crippen LogP contribution in [-0.2, 0) is 10.0 Å². The molecule has 5 heteroatoms. The lowest BCUT2D eigenvalue weighted by Gasteiger charge is -2.15. The second kappa shape index (κ2) is 5.09. The summed E-state index contributed by atoms with van der Waals surface area (Å²) in [5, 5.41) is 8.96. The van der Waals surface area contributed by atoms with Crippen LogP contribution < -0.4 is 4.72 Å². The first kappa shape index (κ1) is 13.1. The first-order valence-electron chi connectivity index (χ1n) is 6.01. The first-order valence-corrected chi connectivity index (χ1v) is 7.50. The summed E-state index contributed by atoms with van der Waals surface area (Å²) in [6.07, 6.45) is 2.42. The molecule has 1 aromatic carbocycles. The Bertz CT molecular complexity index is 558. The van der Waals surface area contributed by atoms with E-state index in [1.807, 2.05) is 6.92 Å². The molecule has 96 valence electrons. The predicted molar refractivity (Wildman–Crippen MR) is 68.2 cm³/mol. The minimum atomic E-state index is -3.50. The minimum Gasteiger partial charge on any atom is -0.207 e. The number of hydrogen-bond acceptors (Lipinski definition) is 3. The Balaban J connectivity index is 2.17. The van der Waals surface area contributed by atoms with E-state index in [4.69, 9.17) is 5.26 Å². The highest BCUT2D eigenvalue weighted by atomic mass is 32.2. The van der Waals surface area contributed by atoms with Gasteiger partial charge in [-0.25, -0.2) is 13.1 Å². The average Bonchev–Trinajstić information content (AvgIpc) is 2.76. The van der Waals surface area contributed by atoms with Gasteiger partial charge in [0.15, 0.2) is 0 Å². The summed E-state index contributed by atoms with van der Waals surface area (Å²) in [5.41, 5.74) is 1.02. The molecule has 2 rings (SSSR count). The fourth-order valence-electron chi connectivity index (χ4n) is 2.24. The van der Waals surface area contributed by atoms with Crippen molar-refractivity contribution in [2.24, 2.45) is 5.92 Å². The third-order valence-electron chi connectivity index (χ3n) is 3.32. The molecule has 0 aliphatic heterocycles. The first-order chi connectivity index (χ1) is 8.53. The van der Waals surface area contributed by atoms with Gasteiger partial charge in [0.05, 0.1) is 16.9 Å². The Hall–Kier alpha value is -1.38. The number of rotatable bonds is 3. The van der Waals surface area contributed by atoms with Crippen molar-refractivity contribution >= 4 is 10.0 Å². The summed E-state index contributed by atoms with van der Waals surface area (Å²) >= 11 is 0. The molecule has 0 amide bonds. The molecule has 1 saturated carbocycles. The molecule has 1 N–H and O–H groups in total. The number of benzene rings is 1. The number of sulfonamides is 1. The van der Waals surface area contributed by atoms with Crippen molar-refractivity contribution in [3.05, 3.63) is 29.8 Å². The van der Waals surface area contributed by atoms with Gasteiger partial charge < -0.3 is 0 Å². The van der Waals surface area contributed by atoms with Gasteiger partial charge in [-0.3, -0.25) is 0 Å². The molecule has 1 fully saturated rings. The summed E-state index contributed by atoms with van der Waals surface area (Å²) < 4.78 is 26.9. The lowest BCUT2D eigenvalue weighted by molar-refractivity contribution is 0.515. The molecular formula is C13H16N2O2S. The van der Waals surface area contributed by atoms with E-state index < -0.39 is 10.0 Å². The third-order valence-corrected chi connectivity index (χ3v) is 4.83. The maximum atomic E-state index is 12.1. The van der Waals surface area contributed by atoms with E-state index in [0.717, 1.165) is 24.8 Å². The van der Waals surface area contributed by atoms with Gasteiger partial charge in [-0.15, -0.1) is 0 Å². The lowest BCUT2D eigenvalue weighted by Crippen LogP contribution is -2.36. The largest absolute Gasteiger partial charge is 0.240 e. The Morgan fingerprint density at radius 2 is 1.94 bits per heavy atom. The van der Waals surface area contributed by atoms with E-state index in [-0.39, 0.29) is 16.9 Å². The summed E-state index contributed by atoms with van der Waals surface area (Å²) in [7, 11) is -3.50. The zero-order valence-electron chi connectivity index (χ0n) is 10.3. The molecule has 0 radical (unpaired) electrons. The Morgan fingerprint density at radius 3 is 2.56 bits per heavy atom. The SMILES string of the molecule is Cc1ccc(S(=O)(=O)N[C@@H]2CCC[C@H]2C#N)cc1. The smallest absolute Gasteiger partial charge is 0.207 e. The second-order valence-corrected chi connectivity index (χ2v) is 6.42. The normalized spacial score (nSPS) is 23.8. The van der Waals surface area contributed by atoms with Crippen LogP contribution in [0.1, 0.15) is 24.8 Å². The van der Waals surface area contributed by atoms with Crippen LogP contribution >= 0.6 is 0 Å². The van der Waals surface area contributed by atoms with Crippen molar-refractivity contribution in [3.8, 4) is 6.07 Å². The van der Waals surface area contributed by atoms with Crippen LogP contribution in [0.25, 0.3) is 0 Å². The summed E-state index contributed by atoms with van der Waals surface area (Å²) in [4.78, 5) is 0.261. The molecule has 2 atom stereocenters. The van der Waals surface area contributed by atoms with Crippen molar-refractivity contribution in [3.63, 3.8) is 0 Å². The topological polar surface area (TPSA) is 70.0 Å². The predicted octanol–water partition coefficient (Wildman–Crippen LogP) is 1.97. The summed E-state index contributed by atoms with van der Waals surface area (Å²) in [6.45, 7) is 1.91. The van der Waals surface area contributed by atoms with Crippen LogP contribution in [-0.4, -0.2) is 14.5 Å². The van der Waals surface area contributed by atoms with Crippen molar-refractivity contribution in [1.29, 1.82) is 5.26 Å². The van der Waals surface area contributed by atoms with E-state index in [9.17, 15) is 8.42 Å². The average molecular weight is 264 g/mol. The Morgan fingerprint density at radius 1 is 1.28 bits per heavy atom. The molecule has 0 saturated heterocycles. The number of nitrogens with zero attached hydrogens (tertiary/aromatic N) is 1. The van der Waals surface area contributed by atoms with E-state index >= 15 is 0 Å². The highest BCUT2D eigenvalue weighted by Gasteiger charge is 2.31. The molecule has 1 aliphatic rings. The molecule has 0 aromatic heterocycles. The van der Waals surface area contributed by atoms with E-state index in [2.05, 4.69) is 10.8 Å². The fraction of sp³-hybridized carbons (Fsp3) is 0.462. The van der Waals surface area contributed by atoms with Gasteiger partial charge in [-0.2, -0.15) is 5.26 Å². The van der Waals surface area contributed by atoms with Gasteiger partial charge in [0.25, 0.3) is 0 Å². The minimum absolute atomic E-state index is 0.203. The zero-order valence-corrected chi connectivity index (χ0v) is 11.1. The standard InChI is InChI=1S/C13H16N2O2S/c1-10-5-7-12(8-6-10)18(16,17)15-13-4-2-3-11(13)9-14/h5-8,11,13,15H,2-4H2,1H3/t11-,13+/m0/s1. The lowest BCUT2D eigenvalue weighted by atomic mass is 10.1. The number of nitrogens with one attached hydrogen (secondary N) is 1. The number of hydrogen-bond donors (Lipinski definition) is 1. The summed E-state index contributed by atoms with van der Waals surface area (Å²) in [6, 6.07) is 8.64. The van der Waals surface area contributed by atoms with Gasteiger partial charge in [-0.1, -0.05) is 24.1 Å². The van der Waals surface area contributed by atoms with E-state index in [1.54, 1.807) is 24.3 Å². The van der Waals surface area contributed by atoms with Crippen molar-refractivity contribution in [2.45, 2.75) is 37.1 Å². The molecule has 0 heterocycles. The van der Waals surface area contributed by atoms with Gasteiger partial charge in [0.1, 0.15) is 0 Å². The van der Waals surface area contributed by atoms with Crippen LogP contribution in [0, 0.1) is 24.2 Å². The maximum absolute atomic E-state index is 12.1. The van der Waals surface area contributed by atoms with Crippen molar-refractivity contribution < 1.29 is 8.42 Å². The van der Waals surface area contributed by atoms with Crippen LogP contribution in [0.3, 0.4) is 0 Å². The highest BCUT2D eigenvalue weighted by molar-refractivity contribution is 7.89. The molecular weight excluding hydrogens is 248 g/mol. The third kappa shape index (κ3) is 2.71. The molecule has 0 unspecified atom stereocenters. The molecule has 1 aromatic rings. The molecule has 0 bridgehead atoms. The van der Waals surface area contributed by atoms with Gasteiger partial charge >= 0.3 is 0 Å². The maximum Gasteiger partial charge on any atom is 0.240 e. The second-order valence-electron chi connectivity index (χ2n) is 4.71. The van der Waals surface area contributed by atoms with Crippen molar-refractivity contribution in [1.82, 2.24) is 4.72 Å². The van der Waals surface area contributed by atoms with E-state index in [1.165, 1.54) is 0 Å². The quantitative estimate of drug-likeness (QED) is 0.907. The Kier molecular flexibility index (Phi) is 3.69. The molecule has 0 spiro atoms. The number of nitriles is 1. The monoisotopic (exact) mass is 264 g/mol. The van der Waals surface area contributed by atoms with E-state index in [0.29, 0.717) is 0 Å². The van der Waals surface area contributed by atoms with Crippen LogP contribution in [0.5, 0.6) is 0 Å². The molecule has 4 nitrogen and oxygen atoms in total. The van der Waals surface area contributed by atoms with Crippen LogP contribution in [0.2, 0.25) is 0 Å². The molecule has 18 heavy (non-hydrogen) atoms.